The van der Waals surface area contributed by atoms with Crippen LogP contribution < -0.4 is 5.32 Å². The first kappa shape index (κ1) is 13.3. The van der Waals surface area contributed by atoms with Gasteiger partial charge in [0.05, 0.1) is 5.56 Å². The molecule has 0 spiro atoms. The predicted molar refractivity (Wildman–Crippen MR) is 58.6 cm³/mol. The Kier molecular flexibility index (Phi) is 3.35. The Bertz CT molecular complexity index is 414. The van der Waals surface area contributed by atoms with Crippen molar-refractivity contribution in [2.75, 3.05) is 6.54 Å². The summed E-state index contributed by atoms with van der Waals surface area (Å²) in [7, 11) is 0. The van der Waals surface area contributed by atoms with E-state index in [0.717, 1.165) is 12.1 Å². The van der Waals surface area contributed by atoms with Crippen LogP contribution in [0.3, 0.4) is 0 Å². The average Bonchev–Trinajstić information content (AvgIpc) is 2.27. The predicted octanol–water partition coefficient (Wildman–Crippen LogP) is 1.81. The van der Waals surface area contributed by atoms with Crippen LogP contribution in [-0.4, -0.2) is 22.5 Å². The fourth-order valence-electron chi connectivity index (χ4n) is 2.09. The van der Waals surface area contributed by atoms with E-state index in [1.807, 2.05) is 0 Å². The second kappa shape index (κ2) is 4.53. The number of aliphatic hydroxyl groups is 2. The van der Waals surface area contributed by atoms with Crippen LogP contribution in [0.5, 0.6) is 0 Å². The van der Waals surface area contributed by atoms with Gasteiger partial charge in [-0.1, -0.05) is 12.1 Å². The molecule has 1 aliphatic heterocycles. The summed E-state index contributed by atoms with van der Waals surface area (Å²) in [5, 5.41) is 22.1. The van der Waals surface area contributed by atoms with E-state index in [9.17, 15) is 23.4 Å². The molecule has 1 aliphatic rings. The molecule has 18 heavy (non-hydrogen) atoms. The lowest BCUT2D eigenvalue weighted by Crippen LogP contribution is -2.43. The Balaban J connectivity index is 2.15. The van der Waals surface area contributed by atoms with Crippen molar-refractivity contribution in [3.8, 4) is 0 Å². The zero-order valence-corrected chi connectivity index (χ0v) is 9.54. The van der Waals surface area contributed by atoms with Gasteiger partial charge in [-0.3, -0.25) is 0 Å². The summed E-state index contributed by atoms with van der Waals surface area (Å²) in [6, 6.07) is 4.39. The van der Waals surface area contributed by atoms with Crippen LogP contribution in [0.1, 0.15) is 30.0 Å². The molecule has 100 valence electrons. The Morgan fingerprint density at radius 1 is 1.17 bits per heavy atom. The highest BCUT2D eigenvalue weighted by molar-refractivity contribution is 5.27. The molecule has 0 unspecified atom stereocenters. The van der Waals surface area contributed by atoms with Gasteiger partial charge in [-0.2, -0.15) is 13.2 Å². The van der Waals surface area contributed by atoms with Gasteiger partial charge in [0.15, 0.2) is 5.79 Å². The van der Waals surface area contributed by atoms with Crippen LogP contribution >= 0.6 is 0 Å². The number of alkyl halides is 3. The quantitative estimate of drug-likeness (QED) is 0.676. The maximum atomic E-state index is 12.4. The Hall–Kier alpha value is -1.11. The normalized spacial score (nSPS) is 23.9. The Morgan fingerprint density at radius 2 is 1.78 bits per heavy atom. The maximum absolute atomic E-state index is 12.4. The minimum Gasteiger partial charge on any atom is -0.365 e. The van der Waals surface area contributed by atoms with Crippen molar-refractivity contribution in [3.63, 3.8) is 0 Å². The SMILES string of the molecule is OC1(O)CCN[C@H](c2ccc(C(F)(F)F)cc2)C1. The Morgan fingerprint density at radius 3 is 2.28 bits per heavy atom. The fraction of sp³-hybridized carbons (Fsp3) is 0.500. The summed E-state index contributed by atoms with van der Waals surface area (Å²) in [5.74, 6) is -1.75. The molecule has 2 rings (SSSR count). The van der Waals surface area contributed by atoms with Crippen LogP contribution in [0.25, 0.3) is 0 Å². The summed E-state index contributed by atoms with van der Waals surface area (Å²) in [4.78, 5) is 0. The van der Waals surface area contributed by atoms with Gasteiger partial charge < -0.3 is 15.5 Å². The maximum Gasteiger partial charge on any atom is 0.416 e. The second-order valence-corrected chi connectivity index (χ2v) is 4.56. The Labute approximate surface area is 102 Å². The number of hydrogen-bond acceptors (Lipinski definition) is 3. The minimum absolute atomic E-state index is 0.0678. The van der Waals surface area contributed by atoms with Crippen molar-refractivity contribution in [1.29, 1.82) is 0 Å². The summed E-state index contributed by atoms with van der Waals surface area (Å²) in [6.07, 6.45) is -4.07. The number of hydrogen-bond donors (Lipinski definition) is 3. The topological polar surface area (TPSA) is 52.5 Å². The van der Waals surface area contributed by atoms with E-state index in [4.69, 9.17) is 0 Å². The molecule has 6 heteroatoms. The standard InChI is InChI=1S/C12H14F3NO2/c13-12(14,15)9-3-1-8(2-4-9)10-7-11(17,18)5-6-16-10/h1-4,10,16-18H,5-7H2/t10-/m0/s1. The summed E-state index contributed by atoms with van der Waals surface area (Å²) < 4.78 is 37.2. The van der Waals surface area contributed by atoms with E-state index in [1.54, 1.807) is 0 Å². The molecule has 1 heterocycles. The second-order valence-electron chi connectivity index (χ2n) is 4.56. The third-order valence-electron chi connectivity index (χ3n) is 3.09. The molecule has 0 aliphatic carbocycles. The first-order valence-electron chi connectivity index (χ1n) is 5.63. The molecular formula is C12H14F3NO2. The van der Waals surface area contributed by atoms with Gasteiger partial charge >= 0.3 is 6.18 Å². The van der Waals surface area contributed by atoms with Crippen molar-refractivity contribution in [2.45, 2.75) is 30.8 Å². The summed E-state index contributed by atoms with van der Waals surface area (Å²) >= 11 is 0. The van der Waals surface area contributed by atoms with Crippen LogP contribution in [-0.2, 0) is 6.18 Å². The molecule has 1 aromatic carbocycles. The average molecular weight is 261 g/mol. The van der Waals surface area contributed by atoms with Gasteiger partial charge in [-0.25, -0.2) is 0 Å². The lowest BCUT2D eigenvalue weighted by molar-refractivity contribution is -0.184. The first-order chi connectivity index (χ1) is 8.28. The number of benzene rings is 1. The van der Waals surface area contributed by atoms with E-state index in [1.165, 1.54) is 12.1 Å². The molecule has 0 bridgehead atoms. The molecule has 1 aromatic rings. The van der Waals surface area contributed by atoms with Crippen molar-refractivity contribution < 1.29 is 23.4 Å². The van der Waals surface area contributed by atoms with Crippen molar-refractivity contribution in [2.24, 2.45) is 0 Å². The van der Waals surface area contributed by atoms with Gasteiger partial charge in [0, 0.05) is 25.4 Å². The zero-order chi connectivity index (χ0) is 13.4. The van der Waals surface area contributed by atoms with Gasteiger partial charge in [0.1, 0.15) is 0 Å². The largest absolute Gasteiger partial charge is 0.416 e. The number of nitrogens with one attached hydrogen (secondary N) is 1. The molecule has 1 fully saturated rings. The smallest absolute Gasteiger partial charge is 0.365 e. The fourth-order valence-corrected chi connectivity index (χ4v) is 2.09. The van der Waals surface area contributed by atoms with Crippen molar-refractivity contribution in [1.82, 2.24) is 5.32 Å². The van der Waals surface area contributed by atoms with Crippen LogP contribution in [0, 0.1) is 0 Å². The van der Waals surface area contributed by atoms with Gasteiger partial charge in [-0.15, -0.1) is 0 Å². The van der Waals surface area contributed by atoms with Gasteiger partial charge in [-0.05, 0) is 17.7 Å². The molecular weight excluding hydrogens is 247 g/mol. The van der Waals surface area contributed by atoms with Crippen molar-refractivity contribution in [3.05, 3.63) is 35.4 Å². The minimum atomic E-state index is -4.35. The first-order valence-corrected chi connectivity index (χ1v) is 5.63. The van der Waals surface area contributed by atoms with E-state index < -0.39 is 17.5 Å². The highest BCUT2D eigenvalue weighted by Crippen LogP contribution is 2.32. The van der Waals surface area contributed by atoms with Crippen LogP contribution in [0.15, 0.2) is 24.3 Å². The highest BCUT2D eigenvalue weighted by Gasteiger charge is 2.33. The third kappa shape index (κ3) is 3.01. The molecule has 1 saturated heterocycles. The van der Waals surface area contributed by atoms with E-state index in [-0.39, 0.29) is 18.9 Å². The highest BCUT2D eigenvalue weighted by atomic mass is 19.4. The summed E-state index contributed by atoms with van der Waals surface area (Å²) in [5.41, 5.74) is -0.0866. The molecule has 0 amide bonds. The third-order valence-corrected chi connectivity index (χ3v) is 3.09. The monoisotopic (exact) mass is 261 g/mol. The number of rotatable bonds is 1. The van der Waals surface area contributed by atoms with Crippen LogP contribution in [0.2, 0.25) is 0 Å². The molecule has 0 aromatic heterocycles. The van der Waals surface area contributed by atoms with E-state index in [2.05, 4.69) is 5.32 Å². The van der Waals surface area contributed by atoms with E-state index >= 15 is 0 Å². The lowest BCUT2D eigenvalue weighted by atomic mass is 9.92. The molecule has 0 radical (unpaired) electrons. The molecule has 0 saturated carbocycles. The molecule has 1 atom stereocenters. The van der Waals surface area contributed by atoms with Crippen molar-refractivity contribution >= 4 is 0 Å². The van der Waals surface area contributed by atoms with Gasteiger partial charge in [0.2, 0.25) is 0 Å². The molecule has 3 nitrogen and oxygen atoms in total. The lowest BCUT2D eigenvalue weighted by Gasteiger charge is -2.33. The summed E-state index contributed by atoms with van der Waals surface area (Å²) in [6.45, 7) is 0.415. The molecule has 3 N–H and O–H groups in total. The van der Waals surface area contributed by atoms with E-state index in [0.29, 0.717) is 12.1 Å². The van der Waals surface area contributed by atoms with Gasteiger partial charge in [0.25, 0.3) is 0 Å². The van der Waals surface area contributed by atoms with Crippen LogP contribution in [0.4, 0.5) is 13.2 Å². The number of piperidine rings is 1. The number of halogens is 3. The zero-order valence-electron chi connectivity index (χ0n) is 9.54.